The number of hydrogen-bond acceptors (Lipinski definition) is 6. The minimum atomic E-state index is -0.742. The minimum Gasteiger partial charge on any atom is -0.338 e. The van der Waals surface area contributed by atoms with Crippen LogP contribution in [0.1, 0.15) is 30.6 Å². The first-order chi connectivity index (χ1) is 12.1. The third-order valence-electron chi connectivity index (χ3n) is 4.26. The van der Waals surface area contributed by atoms with Crippen molar-refractivity contribution in [2.75, 3.05) is 5.32 Å². The molecule has 0 aromatic carbocycles. The van der Waals surface area contributed by atoms with Gasteiger partial charge in [-0.25, -0.2) is 4.68 Å². The number of carbonyl (C=O) groups excluding carboxylic acids is 1. The van der Waals surface area contributed by atoms with Crippen LogP contribution in [-0.4, -0.2) is 20.8 Å². The standard InChI is InChI=1S/C17H16N4O3S/c1-10(21-16(22)8-11-4-2-5-12(11)19-21)17(23)18-15-9-13(20-24-15)14-6-3-7-25-14/h3,6-10H,2,4-5H2,1H3,(H,18,23)/t10-/m0/s1. The molecule has 3 aromatic heterocycles. The minimum absolute atomic E-state index is 0.245. The van der Waals surface area contributed by atoms with Gasteiger partial charge in [0.25, 0.3) is 11.5 Å². The molecule has 0 spiro atoms. The van der Waals surface area contributed by atoms with Gasteiger partial charge in [0.15, 0.2) is 0 Å². The van der Waals surface area contributed by atoms with Crippen molar-refractivity contribution in [3.8, 4) is 10.6 Å². The maximum atomic E-state index is 12.5. The van der Waals surface area contributed by atoms with Crippen LogP contribution in [0.2, 0.25) is 0 Å². The lowest BCUT2D eigenvalue weighted by atomic mass is 10.2. The van der Waals surface area contributed by atoms with Crippen molar-refractivity contribution < 1.29 is 9.32 Å². The molecular formula is C17H16N4O3S. The van der Waals surface area contributed by atoms with Crippen LogP contribution in [0.25, 0.3) is 10.6 Å². The Morgan fingerprint density at radius 1 is 1.40 bits per heavy atom. The van der Waals surface area contributed by atoms with Gasteiger partial charge in [0.05, 0.1) is 10.6 Å². The van der Waals surface area contributed by atoms with E-state index in [1.165, 1.54) is 16.0 Å². The summed E-state index contributed by atoms with van der Waals surface area (Å²) in [5.74, 6) is -0.129. The SMILES string of the molecule is C[C@@H](C(=O)Nc1cc(-c2cccs2)no1)n1nc2c(cc1=O)CCC2. The molecule has 1 N–H and O–H groups in total. The quantitative estimate of drug-likeness (QED) is 0.776. The van der Waals surface area contributed by atoms with Gasteiger partial charge in [0.1, 0.15) is 11.7 Å². The Labute approximate surface area is 147 Å². The van der Waals surface area contributed by atoms with Crippen molar-refractivity contribution in [1.82, 2.24) is 14.9 Å². The average Bonchev–Trinajstić information content (AvgIpc) is 3.33. The topological polar surface area (TPSA) is 90.0 Å². The number of amides is 1. The predicted molar refractivity (Wildman–Crippen MR) is 93.7 cm³/mol. The van der Waals surface area contributed by atoms with Gasteiger partial charge in [0, 0.05) is 12.1 Å². The smallest absolute Gasteiger partial charge is 0.267 e. The van der Waals surface area contributed by atoms with E-state index in [-0.39, 0.29) is 17.4 Å². The van der Waals surface area contributed by atoms with E-state index in [0.717, 1.165) is 35.4 Å². The molecule has 128 valence electrons. The molecule has 0 bridgehead atoms. The second-order valence-corrected chi connectivity index (χ2v) is 6.92. The van der Waals surface area contributed by atoms with E-state index in [2.05, 4.69) is 15.6 Å². The first kappa shape index (κ1) is 15.8. The van der Waals surface area contributed by atoms with E-state index in [1.807, 2.05) is 17.5 Å². The molecule has 4 rings (SSSR count). The lowest BCUT2D eigenvalue weighted by Crippen LogP contribution is -2.33. The second kappa shape index (κ2) is 6.29. The van der Waals surface area contributed by atoms with Crippen molar-refractivity contribution in [1.29, 1.82) is 0 Å². The number of fused-ring (bicyclic) bond motifs is 1. The largest absolute Gasteiger partial charge is 0.338 e. The Hall–Kier alpha value is -2.74. The fourth-order valence-corrected chi connectivity index (χ4v) is 3.58. The number of thiophene rings is 1. The van der Waals surface area contributed by atoms with E-state index < -0.39 is 6.04 Å². The zero-order chi connectivity index (χ0) is 17.4. The van der Waals surface area contributed by atoms with Crippen LogP contribution in [0.3, 0.4) is 0 Å². The molecule has 3 heterocycles. The van der Waals surface area contributed by atoms with Gasteiger partial charge < -0.3 is 4.52 Å². The number of hydrogen-bond donors (Lipinski definition) is 1. The van der Waals surface area contributed by atoms with Crippen LogP contribution in [0, 0.1) is 0 Å². The number of rotatable bonds is 4. The van der Waals surface area contributed by atoms with Crippen molar-refractivity contribution in [2.24, 2.45) is 0 Å². The van der Waals surface area contributed by atoms with Crippen LogP contribution in [0.4, 0.5) is 5.88 Å². The molecule has 7 nitrogen and oxygen atoms in total. The molecular weight excluding hydrogens is 340 g/mol. The maximum Gasteiger partial charge on any atom is 0.267 e. The summed E-state index contributed by atoms with van der Waals surface area (Å²) in [4.78, 5) is 25.6. The molecule has 1 atom stereocenters. The Morgan fingerprint density at radius 3 is 3.08 bits per heavy atom. The summed E-state index contributed by atoms with van der Waals surface area (Å²) in [6.07, 6.45) is 2.72. The Kier molecular flexibility index (Phi) is 3.96. The van der Waals surface area contributed by atoms with Crippen LogP contribution >= 0.6 is 11.3 Å². The summed E-state index contributed by atoms with van der Waals surface area (Å²) >= 11 is 1.53. The predicted octanol–water partition coefficient (Wildman–Crippen LogP) is 2.65. The second-order valence-electron chi connectivity index (χ2n) is 5.97. The Morgan fingerprint density at radius 2 is 2.28 bits per heavy atom. The molecule has 0 radical (unpaired) electrons. The highest BCUT2D eigenvalue weighted by Crippen LogP contribution is 2.26. The molecule has 1 amide bonds. The van der Waals surface area contributed by atoms with Crippen LogP contribution < -0.4 is 10.9 Å². The molecule has 8 heteroatoms. The molecule has 25 heavy (non-hydrogen) atoms. The highest BCUT2D eigenvalue weighted by atomic mass is 32.1. The van der Waals surface area contributed by atoms with Crippen molar-refractivity contribution in [2.45, 2.75) is 32.2 Å². The van der Waals surface area contributed by atoms with E-state index in [9.17, 15) is 9.59 Å². The average molecular weight is 356 g/mol. The highest BCUT2D eigenvalue weighted by molar-refractivity contribution is 7.13. The zero-order valence-electron chi connectivity index (χ0n) is 13.6. The Bertz CT molecular complexity index is 974. The van der Waals surface area contributed by atoms with Gasteiger partial charge in [-0.3, -0.25) is 14.9 Å². The lowest BCUT2D eigenvalue weighted by Gasteiger charge is -2.13. The fourth-order valence-electron chi connectivity index (χ4n) is 2.90. The Balaban J connectivity index is 1.52. The van der Waals surface area contributed by atoms with Crippen LogP contribution in [-0.2, 0) is 17.6 Å². The fraction of sp³-hybridized carbons (Fsp3) is 0.294. The van der Waals surface area contributed by atoms with Crippen molar-refractivity contribution in [3.05, 3.63) is 51.3 Å². The van der Waals surface area contributed by atoms with Crippen molar-refractivity contribution in [3.63, 3.8) is 0 Å². The summed E-state index contributed by atoms with van der Waals surface area (Å²) in [5, 5.41) is 12.9. The van der Waals surface area contributed by atoms with E-state index in [4.69, 9.17) is 4.52 Å². The summed E-state index contributed by atoms with van der Waals surface area (Å²) in [5.41, 5.74) is 2.29. The molecule has 0 aliphatic heterocycles. The third-order valence-corrected chi connectivity index (χ3v) is 5.15. The van der Waals surface area contributed by atoms with Gasteiger partial charge in [0.2, 0.25) is 5.88 Å². The molecule has 3 aromatic rings. The third kappa shape index (κ3) is 3.00. The first-order valence-corrected chi connectivity index (χ1v) is 8.93. The molecule has 0 fully saturated rings. The number of aromatic nitrogens is 3. The zero-order valence-corrected chi connectivity index (χ0v) is 14.4. The highest BCUT2D eigenvalue weighted by Gasteiger charge is 2.22. The molecule has 0 saturated carbocycles. The van der Waals surface area contributed by atoms with E-state index >= 15 is 0 Å². The number of aryl methyl sites for hydroxylation is 2. The van der Waals surface area contributed by atoms with E-state index in [0.29, 0.717) is 5.69 Å². The molecule has 1 aliphatic carbocycles. The van der Waals surface area contributed by atoms with E-state index in [1.54, 1.807) is 19.1 Å². The molecule has 1 aliphatic rings. The number of carbonyl (C=O) groups is 1. The monoisotopic (exact) mass is 356 g/mol. The number of nitrogens with one attached hydrogen (secondary N) is 1. The van der Waals surface area contributed by atoms with Gasteiger partial charge in [-0.15, -0.1) is 11.3 Å². The molecule has 0 saturated heterocycles. The lowest BCUT2D eigenvalue weighted by molar-refractivity contribution is -0.119. The molecule has 0 unspecified atom stereocenters. The van der Waals surface area contributed by atoms with Crippen molar-refractivity contribution >= 4 is 23.1 Å². The van der Waals surface area contributed by atoms with Crippen LogP contribution in [0.15, 0.2) is 39.0 Å². The number of anilines is 1. The van der Waals surface area contributed by atoms with Gasteiger partial charge in [-0.05, 0) is 43.2 Å². The van der Waals surface area contributed by atoms with Gasteiger partial charge in [-0.1, -0.05) is 11.2 Å². The van der Waals surface area contributed by atoms with Gasteiger partial charge >= 0.3 is 0 Å². The normalized spacial score (nSPS) is 14.3. The van der Waals surface area contributed by atoms with Crippen LogP contribution in [0.5, 0.6) is 0 Å². The first-order valence-electron chi connectivity index (χ1n) is 8.05. The summed E-state index contributed by atoms with van der Waals surface area (Å²) in [7, 11) is 0. The van der Waals surface area contributed by atoms with Gasteiger partial charge in [-0.2, -0.15) is 5.10 Å². The summed E-state index contributed by atoms with van der Waals surface area (Å²) < 4.78 is 6.40. The summed E-state index contributed by atoms with van der Waals surface area (Å²) in [6, 6.07) is 6.34. The maximum absolute atomic E-state index is 12.5. The number of nitrogens with zero attached hydrogens (tertiary/aromatic N) is 3. The summed E-state index contributed by atoms with van der Waals surface area (Å²) in [6.45, 7) is 1.64.